The largest absolute Gasteiger partial charge is 0.493 e. The number of para-hydroxylation sites is 1. The molecule has 1 aromatic rings. The molecule has 1 aromatic carbocycles. The van der Waals surface area contributed by atoms with Crippen molar-refractivity contribution in [3.8, 4) is 11.5 Å². The molecule has 0 bridgehead atoms. The van der Waals surface area contributed by atoms with Gasteiger partial charge in [0.1, 0.15) is 5.60 Å². The fourth-order valence-corrected chi connectivity index (χ4v) is 4.25. The van der Waals surface area contributed by atoms with Crippen molar-refractivity contribution in [2.24, 2.45) is 17.8 Å². The second-order valence-corrected chi connectivity index (χ2v) is 7.82. The van der Waals surface area contributed by atoms with Crippen molar-refractivity contribution in [1.29, 1.82) is 0 Å². The Morgan fingerprint density at radius 1 is 1.31 bits per heavy atom. The van der Waals surface area contributed by atoms with Gasteiger partial charge < -0.3 is 19.9 Å². The Balaban J connectivity index is 2.04. The van der Waals surface area contributed by atoms with Crippen LogP contribution in [0.4, 0.5) is 0 Å². The fourth-order valence-electron chi connectivity index (χ4n) is 4.25. The van der Waals surface area contributed by atoms with Crippen LogP contribution in [0.1, 0.15) is 45.6 Å². The molecule has 0 aliphatic heterocycles. The highest BCUT2D eigenvalue weighted by atomic mass is 16.5. The zero-order chi connectivity index (χ0) is 19.3. The van der Waals surface area contributed by atoms with Gasteiger partial charge in [0.15, 0.2) is 11.5 Å². The van der Waals surface area contributed by atoms with E-state index < -0.39 is 5.60 Å². The summed E-state index contributed by atoms with van der Waals surface area (Å²) in [6.45, 7) is 6.72. The first-order valence-corrected chi connectivity index (χ1v) is 9.54. The van der Waals surface area contributed by atoms with E-state index in [1.54, 1.807) is 14.2 Å². The van der Waals surface area contributed by atoms with Crippen LogP contribution in [-0.4, -0.2) is 37.4 Å². The monoisotopic (exact) mass is 363 g/mol. The van der Waals surface area contributed by atoms with Crippen molar-refractivity contribution in [2.45, 2.75) is 52.1 Å². The standard InChI is InChI=1S/C21H33NO4/c1-14(2)17-10-9-15(3)13-21(17,24)20(23)22-12-11-16-7-6-8-18(25-4)19(16)26-5/h6-8,14-15,17,24H,9-13H2,1-5H3,(H,22,23)/t15?,17?,21-/m1/s1. The van der Waals surface area contributed by atoms with Gasteiger partial charge in [-0.05, 0) is 48.6 Å². The quantitative estimate of drug-likeness (QED) is 0.781. The topological polar surface area (TPSA) is 67.8 Å². The normalized spacial score (nSPS) is 25.8. The highest BCUT2D eigenvalue weighted by Gasteiger charge is 2.48. The maximum absolute atomic E-state index is 12.8. The van der Waals surface area contributed by atoms with Gasteiger partial charge in [0.05, 0.1) is 14.2 Å². The Bertz CT molecular complexity index is 616. The van der Waals surface area contributed by atoms with E-state index in [1.807, 2.05) is 18.2 Å². The third-order valence-electron chi connectivity index (χ3n) is 5.61. The third kappa shape index (κ3) is 4.32. The molecular formula is C21H33NO4. The summed E-state index contributed by atoms with van der Waals surface area (Å²) in [4.78, 5) is 12.8. The summed E-state index contributed by atoms with van der Waals surface area (Å²) in [5.74, 6) is 1.76. The molecule has 146 valence electrons. The van der Waals surface area contributed by atoms with E-state index in [0.29, 0.717) is 36.8 Å². The summed E-state index contributed by atoms with van der Waals surface area (Å²) in [6.07, 6.45) is 3.11. The minimum absolute atomic E-state index is 0.00468. The summed E-state index contributed by atoms with van der Waals surface area (Å²) in [5.41, 5.74) is -0.304. The lowest BCUT2D eigenvalue weighted by molar-refractivity contribution is -0.155. The van der Waals surface area contributed by atoms with Crippen LogP contribution in [0.3, 0.4) is 0 Å². The van der Waals surface area contributed by atoms with Gasteiger partial charge in [0, 0.05) is 6.54 Å². The van der Waals surface area contributed by atoms with Gasteiger partial charge in [-0.15, -0.1) is 0 Å². The van der Waals surface area contributed by atoms with Crippen LogP contribution >= 0.6 is 0 Å². The zero-order valence-corrected chi connectivity index (χ0v) is 16.7. The molecule has 0 radical (unpaired) electrons. The molecule has 26 heavy (non-hydrogen) atoms. The van der Waals surface area contributed by atoms with Crippen molar-refractivity contribution in [3.63, 3.8) is 0 Å². The van der Waals surface area contributed by atoms with Gasteiger partial charge in [0.2, 0.25) is 0 Å². The molecule has 1 saturated carbocycles. The summed E-state index contributed by atoms with van der Waals surface area (Å²) in [7, 11) is 3.22. The van der Waals surface area contributed by atoms with Crippen molar-refractivity contribution >= 4 is 5.91 Å². The van der Waals surface area contributed by atoms with Gasteiger partial charge in [-0.1, -0.05) is 39.3 Å². The lowest BCUT2D eigenvalue weighted by atomic mass is 9.66. The van der Waals surface area contributed by atoms with Crippen molar-refractivity contribution in [1.82, 2.24) is 5.32 Å². The van der Waals surface area contributed by atoms with E-state index in [1.165, 1.54) is 0 Å². The van der Waals surface area contributed by atoms with E-state index >= 15 is 0 Å². The molecule has 1 amide bonds. The molecule has 1 aliphatic rings. The average molecular weight is 363 g/mol. The molecule has 1 aliphatic carbocycles. The summed E-state index contributed by atoms with van der Waals surface area (Å²) in [5, 5.41) is 14.1. The van der Waals surface area contributed by atoms with E-state index in [-0.39, 0.29) is 17.7 Å². The van der Waals surface area contributed by atoms with Crippen molar-refractivity contribution < 1.29 is 19.4 Å². The number of rotatable bonds is 7. The number of hydrogen-bond acceptors (Lipinski definition) is 4. The van der Waals surface area contributed by atoms with Crippen molar-refractivity contribution in [3.05, 3.63) is 23.8 Å². The molecule has 1 fully saturated rings. The number of aliphatic hydroxyl groups is 1. The molecule has 3 atom stereocenters. The maximum atomic E-state index is 12.8. The van der Waals surface area contributed by atoms with Crippen LogP contribution in [-0.2, 0) is 11.2 Å². The molecule has 5 heteroatoms. The first kappa shape index (κ1) is 20.6. The highest BCUT2D eigenvalue weighted by molar-refractivity contribution is 5.85. The van der Waals surface area contributed by atoms with E-state index in [9.17, 15) is 9.90 Å². The number of nitrogens with one attached hydrogen (secondary N) is 1. The first-order chi connectivity index (χ1) is 12.3. The molecule has 5 nitrogen and oxygen atoms in total. The summed E-state index contributed by atoms with van der Waals surface area (Å²) in [6, 6.07) is 5.71. The predicted octanol–water partition coefficient (Wildman–Crippen LogP) is 3.19. The first-order valence-electron chi connectivity index (χ1n) is 9.54. The Hall–Kier alpha value is -1.75. The summed E-state index contributed by atoms with van der Waals surface area (Å²) >= 11 is 0. The zero-order valence-electron chi connectivity index (χ0n) is 16.7. The average Bonchev–Trinajstić information content (AvgIpc) is 2.60. The van der Waals surface area contributed by atoms with Crippen LogP contribution in [0.2, 0.25) is 0 Å². The molecule has 0 heterocycles. The predicted molar refractivity (Wildman–Crippen MR) is 103 cm³/mol. The lowest BCUT2D eigenvalue weighted by Gasteiger charge is -2.43. The molecule has 0 spiro atoms. The number of carbonyl (C=O) groups excluding carboxylic acids is 1. The maximum Gasteiger partial charge on any atom is 0.252 e. The Morgan fingerprint density at radius 3 is 2.65 bits per heavy atom. The van der Waals surface area contributed by atoms with Gasteiger partial charge in [-0.25, -0.2) is 0 Å². The summed E-state index contributed by atoms with van der Waals surface area (Å²) < 4.78 is 10.8. The number of ether oxygens (including phenoxy) is 2. The molecule has 0 aromatic heterocycles. The minimum Gasteiger partial charge on any atom is -0.493 e. The van der Waals surface area contributed by atoms with Crippen LogP contribution in [0, 0.1) is 17.8 Å². The van der Waals surface area contributed by atoms with Gasteiger partial charge in [-0.3, -0.25) is 4.79 Å². The molecule has 2 rings (SSSR count). The SMILES string of the molecule is COc1cccc(CCNC(=O)[C@@]2(O)CC(C)CCC2C(C)C)c1OC. The lowest BCUT2D eigenvalue weighted by Crippen LogP contribution is -2.56. The number of hydrogen-bond donors (Lipinski definition) is 2. The van der Waals surface area contributed by atoms with Gasteiger partial charge >= 0.3 is 0 Å². The van der Waals surface area contributed by atoms with Crippen LogP contribution in [0.5, 0.6) is 11.5 Å². The van der Waals surface area contributed by atoms with Crippen LogP contribution in [0.15, 0.2) is 18.2 Å². The van der Waals surface area contributed by atoms with E-state index in [0.717, 1.165) is 18.4 Å². The van der Waals surface area contributed by atoms with E-state index in [2.05, 4.69) is 26.1 Å². The Labute approximate surface area is 157 Å². The number of benzene rings is 1. The number of methoxy groups -OCH3 is 2. The molecule has 0 saturated heterocycles. The van der Waals surface area contributed by atoms with Crippen LogP contribution < -0.4 is 14.8 Å². The third-order valence-corrected chi connectivity index (χ3v) is 5.61. The molecule has 2 unspecified atom stereocenters. The molecular weight excluding hydrogens is 330 g/mol. The highest BCUT2D eigenvalue weighted by Crippen LogP contribution is 2.41. The second kappa shape index (κ2) is 8.76. The minimum atomic E-state index is -1.27. The smallest absolute Gasteiger partial charge is 0.252 e. The second-order valence-electron chi connectivity index (χ2n) is 7.82. The Kier molecular flexibility index (Phi) is 6.93. The Morgan fingerprint density at radius 2 is 2.04 bits per heavy atom. The van der Waals surface area contributed by atoms with Crippen LogP contribution in [0.25, 0.3) is 0 Å². The fraction of sp³-hybridized carbons (Fsp3) is 0.667. The van der Waals surface area contributed by atoms with Gasteiger partial charge in [-0.2, -0.15) is 0 Å². The van der Waals surface area contributed by atoms with Gasteiger partial charge in [0.25, 0.3) is 5.91 Å². The van der Waals surface area contributed by atoms with Crippen molar-refractivity contribution in [2.75, 3.05) is 20.8 Å². The molecule has 2 N–H and O–H groups in total. The van der Waals surface area contributed by atoms with E-state index in [4.69, 9.17) is 9.47 Å². The number of amides is 1. The number of carbonyl (C=O) groups is 1.